The van der Waals surface area contributed by atoms with Gasteiger partial charge < -0.3 is 21.1 Å². The largest absolute Gasteiger partial charge is 0.446 e. The van der Waals surface area contributed by atoms with Gasteiger partial charge in [0.2, 0.25) is 0 Å². The first kappa shape index (κ1) is 30.9. The number of ether oxygens (including phenoxy) is 1. The van der Waals surface area contributed by atoms with E-state index in [0.29, 0.717) is 17.4 Å². The average molecular weight is 544 g/mol. The number of hydrogen-bond acceptors (Lipinski definition) is 4. The summed E-state index contributed by atoms with van der Waals surface area (Å²) in [7, 11) is 0. The van der Waals surface area contributed by atoms with Crippen molar-refractivity contribution >= 4 is 6.09 Å². The monoisotopic (exact) mass is 543 g/mol. The lowest BCUT2D eigenvalue weighted by molar-refractivity contribution is -0.0519. The van der Waals surface area contributed by atoms with E-state index < -0.39 is 0 Å². The van der Waals surface area contributed by atoms with Crippen molar-refractivity contribution in [2.45, 2.75) is 130 Å². The molecular formula is C34H61N3O2. The molecule has 4 aliphatic rings. The Morgan fingerprint density at radius 3 is 2.62 bits per heavy atom. The Hall–Kier alpha value is -1.07. The Bertz CT molecular complexity index is 812. The smallest absolute Gasteiger partial charge is 0.407 e. The molecule has 3 saturated carbocycles. The van der Waals surface area contributed by atoms with E-state index in [1.54, 1.807) is 5.57 Å². The molecule has 4 aliphatic carbocycles. The van der Waals surface area contributed by atoms with Crippen molar-refractivity contribution in [3.63, 3.8) is 0 Å². The highest BCUT2D eigenvalue weighted by molar-refractivity contribution is 5.67. The summed E-state index contributed by atoms with van der Waals surface area (Å²) in [5.74, 6) is 4.39. The van der Waals surface area contributed by atoms with Gasteiger partial charge in [0, 0.05) is 13.0 Å². The van der Waals surface area contributed by atoms with Crippen molar-refractivity contribution in [1.29, 1.82) is 0 Å². The third kappa shape index (κ3) is 7.42. The molecule has 4 N–H and O–H groups in total. The number of nitrogens with one attached hydrogen (secondary N) is 2. The fourth-order valence-electron chi connectivity index (χ4n) is 9.37. The molecule has 4 rings (SSSR count). The number of carbonyl (C=O) groups excluding carboxylic acids is 1. The molecule has 1 amide bonds. The van der Waals surface area contributed by atoms with Gasteiger partial charge in [-0.05, 0) is 131 Å². The fraction of sp³-hybridized carbons (Fsp3) is 0.912. The molecule has 5 nitrogen and oxygen atoms in total. The van der Waals surface area contributed by atoms with Gasteiger partial charge in [-0.1, -0.05) is 58.6 Å². The summed E-state index contributed by atoms with van der Waals surface area (Å²) >= 11 is 0. The van der Waals surface area contributed by atoms with Crippen LogP contribution in [-0.4, -0.2) is 38.4 Å². The van der Waals surface area contributed by atoms with Crippen molar-refractivity contribution in [1.82, 2.24) is 10.6 Å². The van der Waals surface area contributed by atoms with Gasteiger partial charge in [-0.2, -0.15) is 0 Å². The van der Waals surface area contributed by atoms with Gasteiger partial charge in [-0.3, -0.25) is 0 Å². The molecule has 0 spiro atoms. The lowest BCUT2D eigenvalue weighted by Crippen LogP contribution is -2.50. The maximum absolute atomic E-state index is 12.5. The number of nitrogens with two attached hydrogens (primary N) is 1. The van der Waals surface area contributed by atoms with Crippen LogP contribution < -0.4 is 16.4 Å². The lowest BCUT2D eigenvalue weighted by atomic mass is 9.47. The maximum Gasteiger partial charge on any atom is 0.407 e. The minimum absolute atomic E-state index is 0.0332. The van der Waals surface area contributed by atoms with Crippen molar-refractivity contribution in [2.24, 2.45) is 46.2 Å². The molecule has 39 heavy (non-hydrogen) atoms. The number of allylic oxidation sites excluding steroid dienone is 1. The van der Waals surface area contributed by atoms with Crippen LogP contribution in [0.4, 0.5) is 4.79 Å². The number of fused-ring (bicyclic) bond motifs is 5. The zero-order valence-corrected chi connectivity index (χ0v) is 25.9. The second-order valence-corrected chi connectivity index (χ2v) is 14.6. The molecule has 0 aromatic heterocycles. The van der Waals surface area contributed by atoms with Crippen LogP contribution in [0.25, 0.3) is 0 Å². The molecule has 3 fully saturated rings. The van der Waals surface area contributed by atoms with E-state index in [0.717, 1.165) is 81.3 Å². The zero-order valence-electron chi connectivity index (χ0n) is 25.9. The topological polar surface area (TPSA) is 76.4 Å². The molecule has 0 bridgehead atoms. The van der Waals surface area contributed by atoms with Crippen LogP contribution >= 0.6 is 0 Å². The molecule has 0 saturated heterocycles. The Morgan fingerprint density at radius 2 is 1.82 bits per heavy atom. The second-order valence-electron chi connectivity index (χ2n) is 14.6. The van der Waals surface area contributed by atoms with Crippen molar-refractivity contribution in [3.8, 4) is 0 Å². The molecule has 224 valence electrons. The molecule has 5 heteroatoms. The van der Waals surface area contributed by atoms with Gasteiger partial charge in [-0.15, -0.1) is 0 Å². The van der Waals surface area contributed by atoms with Gasteiger partial charge in [0.25, 0.3) is 0 Å². The summed E-state index contributed by atoms with van der Waals surface area (Å²) < 4.78 is 5.92. The van der Waals surface area contributed by atoms with E-state index in [2.05, 4.69) is 44.4 Å². The highest BCUT2D eigenvalue weighted by atomic mass is 16.6. The summed E-state index contributed by atoms with van der Waals surface area (Å²) in [5.41, 5.74) is 8.01. The molecule has 0 radical (unpaired) electrons. The minimum Gasteiger partial charge on any atom is -0.446 e. The van der Waals surface area contributed by atoms with E-state index in [1.807, 2.05) is 0 Å². The lowest BCUT2D eigenvalue weighted by Gasteiger charge is -2.58. The minimum atomic E-state index is -0.236. The predicted molar refractivity (Wildman–Crippen MR) is 163 cm³/mol. The van der Waals surface area contributed by atoms with Crippen LogP contribution in [0.3, 0.4) is 0 Å². The number of alkyl carbamates (subject to hydrolysis) is 1. The Balaban J connectivity index is 1.24. The van der Waals surface area contributed by atoms with Gasteiger partial charge in [0.15, 0.2) is 0 Å². The zero-order chi connectivity index (χ0) is 27.9. The Morgan fingerprint density at radius 1 is 1.00 bits per heavy atom. The van der Waals surface area contributed by atoms with E-state index >= 15 is 0 Å². The predicted octanol–water partition coefficient (Wildman–Crippen LogP) is 7.60. The average Bonchev–Trinajstić information content (AvgIpc) is 3.24. The molecule has 0 aliphatic heterocycles. The highest BCUT2D eigenvalue weighted by Gasteiger charge is 2.58. The highest BCUT2D eigenvalue weighted by Crippen LogP contribution is 2.66. The van der Waals surface area contributed by atoms with Gasteiger partial charge in [0.05, 0.1) is 0 Å². The van der Waals surface area contributed by atoms with Crippen LogP contribution in [0.2, 0.25) is 0 Å². The molecule has 0 aromatic carbocycles. The number of rotatable bonds is 14. The fourth-order valence-corrected chi connectivity index (χ4v) is 9.37. The normalized spacial score (nSPS) is 35.6. The second kappa shape index (κ2) is 14.2. The first-order valence-electron chi connectivity index (χ1n) is 16.8. The van der Waals surface area contributed by atoms with Crippen molar-refractivity contribution < 1.29 is 9.53 Å². The Kier molecular flexibility index (Phi) is 11.2. The number of hydrogen-bond donors (Lipinski definition) is 3. The van der Waals surface area contributed by atoms with Crippen LogP contribution in [-0.2, 0) is 4.74 Å². The standard InChI is InChI=1S/C34H61N3O2/c1-25(2)10-5-6-11-26-13-15-30-29-14-12-27-24-28(16-18-34(27,4)31(29)17-19-33(26,30)3)39-32(38)37-23-9-22-36-21-8-7-20-35/h12,25-26,28-31,36H,5-11,13-24,35H2,1-4H3,(H,37,38). The number of unbranched alkanes of at least 4 members (excludes halogenated alkanes) is 2. The SMILES string of the molecule is CC(C)CCCCC1CCC2C3CC=C4CC(OC(=O)NCCCNCCCCN)CCC4(C)C3CCC12C. The van der Waals surface area contributed by atoms with E-state index in [-0.39, 0.29) is 12.2 Å². The quantitative estimate of drug-likeness (QED) is 0.156. The van der Waals surface area contributed by atoms with Crippen molar-refractivity contribution in [3.05, 3.63) is 11.6 Å². The molecule has 7 unspecified atom stereocenters. The molecular weight excluding hydrogens is 482 g/mol. The van der Waals surface area contributed by atoms with Crippen LogP contribution in [0.15, 0.2) is 11.6 Å². The third-order valence-electron chi connectivity index (χ3n) is 11.7. The first-order chi connectivity index (χ1) is 18.8. The number of amides is 1. The molecule has 0 aromatic rings. The van der Waals surface area contributed by atoms with Crippen LogP contribution in [0.1, 0.15) is 124 Å². The van der Waals surface area contributed by atoms with E-state index in [1.165, 1.54) is 64.2 Å². The van der Waals surface area contributed by atoms with E-state index in [4.69, 9.17) is 10.5 Å². The van der Waals surface area contributed by atoms with Gasteiger partial charge >= 0.3 is 6.09 Å². The van der Waals surface area contributed by atoms with Gasteiger partial charge in [-0.25, -0.2) is 4.79 Å². The summed E-state index contributed by atoms with van der Waals surface area (Å²) in [6.45, 7) is 13.3. The van der Waals surface area contributed by atoms with E-state index in [9.17, 15) is 4.79 Å². The summed E-state index contributed by atoms with van der Waals surface area (Å²) in [5, 5.41) is 6.39. The van der Waals surface area contributed by atoms with Crippen molar-refractivity contribution in [2.75, 3.05) is 26.2 Å². The summed E-state index contributed by atoms with van der Waals surface area (Å²) in [4.78, 5) is 12.5. The summed E-state index contributed by atoms with van der Waals surface area (Å²) in [6.07, 6.45) is 21.3. The van der Waals surface area contributed by atoms with Crippen LogP contribution in [0.5, 0.6) is 0 Å². The molecule has 0 heterocycles. The third-order valence-corrected chi connectivity index (χ3v) is 11.7. The van der Waals surface area contributed by atoms with Crippen LogP contribution in [0, 0.1) is 40.4 Å². The van der Waals surface area contributed by atoms with Gasteiger partial charge in [0.1, 0.15) is 6.10 Å². The Labute approximate surface area is 240 Å². The first-order valence-corrected chi connectivity index (χ1v) is 16.8. The number of carbonyl (C=O) groups is 1. The summed E-state index contributed by atoms with van der Waals surface area (Å²) in [6, 6.07) is 0. The maximum atomic E-state index is 12.5. The molecule has 7 atom stereocenters.